The number of rotatable bonds is 2. The molecule has 0 saturated heterocycles. The molecule has 1 aromatic carbocycles. The lowest BCUT2D eigenvalue weighted by Crippen LogP contribution is -2.52. The molecule has 1 unspecified atom stereocenters. The van der Waals surface area contributed by atoms with Crippen LogP contribution in [0.15, 0.2) is 23.3 Å². The Bertz CT molecular complexity index is 602. The monoisotopic (exact) mass is 291 g/mol. The second-order valence-electron chi connectivity index (χ2n) is 4.16. The Hall–Kier alpha value is -2.36. The van der Waals surface area contributed by atoms with E-state index in [2.05, 4.69) is 5.10 Å². The van der Waals surface area contributed by atoms with Gasteiger partial charge in [-0.2, -0.15) is 18.3 Å². The molecule has 1 heterocycles. The van der Waals surface area contributed by atoms with Crippen LogP contribution in [0.5, 0.6) is 5.75 Å². The summed E-state index contributed by atoms with van der Waals surface area (Å²) in [5, 5.41) is 32.8. The minimum absolute atomic E-state index is 0.244. The number of aromatic hydroxyl groups is 1. The van der Waals surface area contributed by atoms with Gasteiger partial charge >= 0.3 is 6.18 Å². The molecule has 1 aliphatic rings. The third-order valence-corrected chi connectivity index (χ3v) is 2.77. The lowest BCUT2D eigenvalue weighted by Gasteiger charge is -2.24. The molecule has 0 bridgehead atoms. The van der Waals surface area contributed by atoms with E-state index in [1.165, 1.54) is 5.43 Å². The normalized spacial score (nSPS) is 22.3. The Morgan fingerprint density at radius 1 is 1.45 bits per heavy atom. The van der Waals surface area contributed by atoms with Crippen LogP contribution in [0.1, 0.15) is 12.0 Å². The fourth-order valence-corrected chi connectivity index (χ4v) is 1.67. The molecular formula is C10H8F3N3O4. The molecule has 2 rings (SSSR count). The van der Waals surface area contributed by atoms with Gasteiger partial charge in [-0.25, -0.2) is 0 Å². The van der Waals surface area contributed by atoms with Gasteiger partial charge in [0.15, 0.2) is 0 Å². The second kappa shape index (κ2) is 4.34. The molecule has 0 spiro atoms. The molecule has 0 aliphatic carbocycles. The number of phenolic OH excluding ortho intramolecular Hbond substituents is 1. The van der Waals surface area contributed by atoms with Crippen LogP contribution in [0, 0.1) is 10.1 Å². The fraction of sp³-hybridized carbons (Fsp3) is 0.300. The number of hydrazone groups is 1. The zero-order valence-corrected chi connectivity index (χ0v) is 9.68. The number of hydrogen-bond donors (Lipinski definition) is 3. The van der Waals surface area contributed by atoms with Crippen molar-refractivity contribution in [1.29, 1.82) is 0 Å². The first-order valence-corrected chi connectivity index (χ1v) is 5.25. The minimum atomic E-state index is -4.98. The van der Waals surface area contributed by atoms with Crippen molar-refractivity contribution in [1.82, 2.24) is 5.43 Å². The SMILES string of the molecule is O=[N+]([O-])c1ccc(O)c(C2=NNC(O)(C(F)(F)F)C2)c1. The predicted molar refractivity (Wildman–Crippen MR) is 60.1 cm³/mol. The predicted octanol–water partition coefficient (Wildman–Crippen LogP) is 1.25. The molecule has 20 heavy (non-hydrogen) atoms. The summed E-state index contributed by atoms with van der Waals surface area (Å²) in [5.74, 6) is -0.470. The number of hydrogen-bond acceptors (Lipinski definition) is 6. The zero-order valence-electron chi connectivity index (χ0n) is 9.68. The van der Waals surface area contributed by atoms with Crippen molar-refractivity contribution in [2.24, 2.45) is 5.10 Å². The Balaban J connectivity index is 2.35. The van der Waals surface area contributed by atoms with Crippen LogP contribution < -0.4 is 5.43 Å². The van der Waals surface area contributed by atoms with E-state index in [4.69, 9.17) is 0 Å². The molecule has 1 aromatic rings. The number of nitrogens with one attached hydrogen (secondary N) is 1. The zero-order chi connectivity index (χ0) is 15.1. The topological polar surface area (TPSA) is 108 Å². The largest absolute Gasteiger partial charge is 0.507 e. The van der Waals surface area contributed by atoms with Crippen molar-refractivity contribution in [3.8, 4) is 5.75 Å². The van der Waals surface area contributed by atoms with Crippen LogP contribution in [-0.2, 0) is 0 Å². The molecule has 0 saturated carbocycles. The smallest absolute Gasteiger partial charge is 0.438 e. The highest BCUT2D eigenvalue weighted by Crippen LogP contribution is 2.36. The summed E-state index contributed by atoms with van der Waals surface area (Å²) in [4.78, 5) is 9.84. The van der Waals surface area contributed by atoms with E-state index in [9.17, 15) is 33.5 Å². The van der Waals surface area contributed by atoms with Crippen LogP contribution in [-0.4, -0.2) is 32.7 Å². The molecule has 0 amide bonds. The molecule has 0 radical (unpaired) electrons. The van der Waals surface area contributed by atoms with Crippen molar-refractivity contribution in [2.75, 3.05) is 0 Å². The first kappa shape index (κ1) is 14.1. The molecule has 1 aliphatic heterocycles. The van der Waals surface area contributed by atoms with Crippen molar-refractivity contribution in [3.05, 3.63) is 33.9 Å². The number of nitrogens with zero attached hydrogens (tertiary/aromatic N) is 2. The van der Waals surface area contributed by atoms with Gasteiger partial charge in [0, 0.05) is 17.7 Å². The highest BCUT2D eigenvalue weighted by molar-refractivity contribution is 6.04. The van der Waals surface area contributed by atoms with Gasteiger partial charge in [0.2, 0.25) is 0 Å². The first-order chi connectivity index (χ1) is 9.14. The summed E-state index contributed by atoms with van der Waals surface area (Å²) in [6.45, 7) is 0. The van der Waals surface area contributed by atoms with E-state index in [1.807, 2.05) is 0 Å². The van der Waals surface area contributed by atoms with E-state index >= 15 is 0 Å². The molecule has 10 heteroatoms. The van der Waals surface area contributed by atoms with E-state index in [0.29, 0.717) is 0 Å². The van der Waals surface area contributed by atoms with Crippen molar-refractivity contribution in [3.63, 3.8) is 0 Å². The fourth-order valence-electron chi connectivity index (χ4n) is 1.67. The number of non-ortho nitro benzene ring substituents is 1. The molecular weight excluding hydrogens is 283 g/mol. The lowest BCUT2D eigenvalue weighted by molar-refractivity contribution is -0.384. The maximum absolute atomic E-state index is 12.6. The van der Waals surface area contributed by atoms with E-state index in [0.717, 1.165) is 18.2 Å². The maximum atomic E-state index is 12.6. The van der Waals surface area contributed by atoms with Crippen molar-refractivity contribution < 1.29 is 28.3 Å². The summed E-state index contributed by atoms with van der Waals surface area (Å²) in [6.07, 6.45) is -5.94. The number of benzene rings is 1. The van der Waals surface area contributed by atoms with Crippen LogP contribution >= 0.6 is 0 Å². The molecule has 3 N–H and O–H groups in total. The number of nitro benzene ring substituents is 1. The molecule has 0 fully saturated rings. The summed E-state index contributed by atoms with van der Waals surface area (Å²) < 4.78 is 37.8. The number of nitro groups is 1. The number of alkyl halides is 3. The molecule has 7 nitrogen and oxygen atoms in total. The van der Waals surface area contributed by atoms with Gasteiger partial charge in [0.05, 0.1) is 17.1 Å². The average Bonchev–Trinajstić information content (AvgIpc) is 2.72. The summed E-state index contributed by atoms with van der Waals surface area (Å²) in [5.41, 5.74) is -2.70. The Kier molecular flexibility index (Phi) is 3.05. The molecule has 108 valence electrons. The Morgan fingerprint density at radius 2 is 2.10 bits per heavy atom. The lowest BCUT2D eigenvalue weighted by atomic mass is 10.0. The first-order valence-electron chi connectivity index (χ1n) is 5.25. The van der Waals surface area contributed by atoms with Gasteiger partial charge in [-0.1, -0.05) is 0 Å². The Morgan fingerprint density at radius 3 is 2.60 bits per heavy atom. The quantitative estimate of drug-likeness (QED) is 0.561. The highest BCUT2D eigenvalue weighted by Gasteiger charge is 2.57. The van der Waals surface area contributed by atoms with Gasteiger partial charge in [0.1, 0.15) is 5.75 Å². The van der Waals surface area contributed by atoms with Gasteiger partial charge in [-0.05, 0) is 6.07 Å². The maximum Gasteiger partial charge on any atom is 0.438 e. The summed E-state index contributed by atoms with van der Waals surface area (Å²) in [6, 6.07) is 2.86. The molecule has 1 atom stereocenters. The standard InChI is InChI=1S/C10H8F3N3O4/c11-10(12,13)9(18)4-7(14-15-9)6-3-5(16(19)20)1-2-8(6)17/h1-3,15,17-18H,4H2. The summed E-state index contributed by atoms with van der Waals surface area (Å²) >= 11 is 0. The van der Waals surface area contributed by atoms with Crippen LogP contribution in [0.25, 0.3) is 0 Å². The van der Waals surface area contributed by atoms with Gasteiger partial charge in [0.25, 0.3) is 11.4 Å². The van der Waals surface area contributed by atoms with Crippen molar-refractivity contribution in [2.45, 2.75) is 18.3 Å². The van der Waals surface area contributed by atoms with Gasteiger partial charge < -0.3 is 10.2 Å². The van der Waals surface area contributed by atoms with E-state index < -0.39 is 34.7 Å². The number of phenols is 1. The minimum Gasteiger partial charge on any atom is -0.507 e. The van der Waals surface area contributed by atoms with Crippen molar-refractivity contribution >= 4 is 11.4 Å². The summed E-state index contributed by atoms with van der Waals surface area (Å²) in [7, 11) is 0. The second-order valence-corrected chi connectivity index (χ2v) is 4.16. The third kappa shape index (κ3) is 2.25. The van der Waals surface area contributed by atoms with E-state index in [-0.39, 0.29) is 11.3 Å². The van der Waals surface area contributed by atoms with Crippen LogP contribution in [0.4, 0.5) is 18.9 Å². The number of halogens is 3. The van der Waals surface area contributed by atoms with Crippen LogP contribution in [0.2, 0.25) is 0 Å². The van der Waals surface area contributed by atoms with E-state index in [1.54, 1.807) is 0 Å². The average molecular weight is 291 g/mol. The Labute approximate surface area is 109 Å². The van der Waals surface area contributed by atoms with Gasteiger partial charge in [-0.3, -0.25) is 15.5 Å². The number of aliphatic hydroxyl groups is 1. The highest BCUT2D eigenvalue weighted by atomic mass is 19.4. The van der Waals surface area contributed by atoms with Gasteiger partial charge in [-0.15, -0.1) is 0 Å². The third-order valence-electron chi connectivity index (χ3n) is 2.77. The molecule has 0 aromatic heterocycles. The van der Waals surface area contributed by atoms with Crippen LogP contribution in [0.3, 0.4) is 0 Å².